The fourth-order valence-corrected chi connectivity index (χ4v) is 2.99. The predicted octanol–water partition coefficient (Wildman–Crippen LogP) is 6.28. The second-order valence-electron chi connectivity index (χ2n) is 6.31. The van der Waals surface area contributed by atoms with Crippen LogP contribution in [0.3, 0.4) is 0 Å². The molecule has 0 aliphatic heterocycles. The van der Waals surface area contributed by atoms with E-state index in [2.05, 4.69) is 35.1 Å². The minimum Gasteiger partial charge on any atom is -0.492 e. The van der Waals surface area contributed by atoms with Crippen LogP contribution in [0.5, 0.6) is 5.75 Å². The molecule has 0 atom stereocenters. The topological polar surface area (TPSA) is 38.3 Å². The Morgan fingerprint density at radius 2 is 1.84 bits per heavy atom. The molecule has 1 amide bonds. The average Bonchev–Trinajstić information content (AvgIpc) is 2.59. The zero-order chi connectivity index (χ0) is 18.2. The summed E-state index contributed by atoms with van der Waals surface area (Å²) in [6.45, 7) is 6.99. The monoisotopic (exact) mass is 403 g/mol. The van der Waals surface area contributed by atoms with Gasteiger partial charge in [-0.15, -0.1) is 0 Å². The highest BCUT2D eigenvalue weighted by molar-refractivity contribution is 9.10. The van der Waals surface area contributed by atoms with Crippen molar-refractivity contribution in [2.45, 2.75) is 46.5 Å². The van der Waals surface area contributed by atoms with E-state index in [0.717, 1.165) is 27.9 Å². The highest BCUT2D eigenvalue weighted by Crippen LogP contribution is 2.27. The summed E-state index contributed by atoms with van der Waals surface area (Å²) in [7, 11) is 0. The lowest BCUT2D eigenvalue weighted by Gasteiger charge is -2.11. The number of carbonyl (C=O) groups excluding carboxylic acids is 1. The Labute approximate surface area is 158 Å². The van der Waals surface area contributed by atoms with Crippen molar-refractivity contribution in [2.24, 2.45) is 0 Å². The van der Waals surface area contributed by atoms with Crippen LogP contribution in [0.15, 0.2) is 40.9 Å². The first-order valence-corrected chi connectivity index (χ1v) is 9.61. The van der Waals surface area contributed by atoms with E-state index in [4.69, 9.17) is 4.74 Å². The van der Waals surface area contributed by atoms with Gasteiger partial charge < -0.3 is 10.1 Å². The van der Waals surface area contributed by atoms with E-state index in [1.165, 1.54) is 24.8 Å². The van der Waals surface area contributed by atoms with E-state index in [-0.39, 0.29) is 5.91 Å². The van der Waals surface area contributed by atoms with E-state index >= 15 is 0 Å². The molecule has 0 spiro atoms. The molecule has 0 fully saturated rings. The number of hydrogen-bond donors (Lipinski definition) is 1. The molecule has 2 aromatic rings. The normalized spacial score (nSPS) is 10.6. The molecule has 0 bridgehead atoms. The van der Waals surface area contributed by atoms with Crippen LogP contribution >= 0.6 is 15.9 Å². The summed E-state index contributed by atoms with van der Waals surface area (Å²) in [5, 5.41) is 2.94. The van der Waals surface area contributed by atoms with Gasteiger partial charge in [-0.05, 0) is 77.7 Å². The van der Waals surface area contributed by atoms with Crippen LogP contribution in [0.25, 0.3) is 0 Å². The molecule has 0 saturated heterocycles. The van der Waals surface area contributed by atoms with Crippen molar-refractivity contribution in [3.05, 3.63) is 57.6 Å². The summed E-state index contributed by atoms with van der Waals surface area (Å²) >= 11 is 3.50. The molecule has 2 rings (SSSR count). The molecule has 25 heavy (non-hydrogen) atoms. The van der Waals surface area contributed by atoms with Crippen molar-refractivity contribution in [2.75, 3.05) is 11.9 Å². The van der Waals surface area contributed by atoms with Crippen LogP contribution < -0.4 is 10.1 Å². The number of carbonyl (C=O) groups is 1. The molecule has 0 radical (unpaired) electrons. The lowest BCUT2D eigenvalue weighted by molar-refractivity contribution is 0.102. The summed E-state index contributed by atoms with van der Waals surface area (Å²) in [4.78, 5) is 12.4. The highest BCUT2D eigenvalue weighted by Gasteiger charge is 2.10. The van der Waals surface area contributed by atoms with Gasteiger partial charge in [-0.25, -0.2) is 0 Å². The SMILES string of the molecule is CCCCCCOc1ccc(C(=O)Nc2ccc(C)c(C)c2)cc1Br. The Morgan fingerprint density at radius 3 is 2.52 bits per heavy atom. The number of halogens is 1. The standard InChI is InChI=1S/C21H26BrNO2/c1-4-5-6-7-12-25-20-11-9-17(14-19(20)22)21(24)23-18-10-8-15(2)16(3)13-18/h8-11,13-14H,4-7,12H2,1-3H3,(H,23,24). The molecule has 134 valence electrons. The van der Waals surface area contributed by atoms with Crippen molar-refractivity contribution in [1.82, 2.24) is 0 Å². The van der Waals surface area contributed by atoms with Crippen molar-refractivity contribution >= 4 is 27.5 Å². The number of ether oxygens (including phenoxy) is 1. The van der Waals surface area contributed by atoms with Crippen LogP contribution in [-0.2, 0) is 0 Å². The maximum Gasteiger partial charge on any atom is 0.255 e. The molecule has 3 nitrogen and oxygen atoms in total. The number of rotatable bonds is 8. The maximum absolute atomic E-state index is 12.4. The third kappa shape index (κ3) is 5.89. The fourth-order valence-electron chi connectivity index (χ4n) is 2.49. The molecule has 0 aromatic heterocycles. The van der Waals surface area contributed by atoms with E-state index < -0.39 is 0 Å². The van der Waals surface area contributed by atoms with Crippen LogP contribution in [0, 0.1) is 13.8 Å². The smallest absolute Gasteiger partial charge is 0.255 e. The molecule has 0 heterocycles. The minimum absolute atomic E-state index is 0.126. The van der Waals surface area contributed by atoms with E-state index in [1.807, 2.05) is 31.2 Å². The molecular formula is C21H26BrNO2. The number of hydrogen-bond acceptors (Lipinski definition) is 2. The second kappa shape index (κ2) is 9.62. The molecular weight excluding hydrogens is 378 g/mol. The van der Waals surface area contributed by atoms with Crippen LogP contribution in [0.1, 0.15) is 54.1 Å². The quantitative estimate of drug-likeness (QED) is 0.526. The number of amides is 1. The molecule has 1 N–H and O–H groups in total. The van der Waals surface area contributed by atoms with Crippen LogP contribution in [0.4, 0.5) is 5.69 Å². The lowest BCUT2D eigenvalue weighted by atomic mass is 10.1. The van der Waals surface area contributed by atoms with Crippen molar-refractivity contribution < 1.29 is 9.53 Å². The fraction of sp³-hybridized carbons (Fsp3) is 0.381. The van der Waals surface area contributed by atoms with E-state index in [1.54, 1.807) is 12.1 Å². The molecule has 0 aliphatic rings. The van der Waals surface area contributed by atoms with Gasteiger partial charge in [-0.2, -0.15) is 0 Å². The molecule has 0 aliphatic carbocycles. The Kier molecular flexibility index (Phi) is 7.51. The van der Waals surface area contributed by atoms with Crippen LogP contribution in [-0.4, -0.2) is 12.5 Å². The Bertz CT molecular complexity index is 728. The minimum atomic E-state index is -0.126. The number of aryl methyl sites for hydroxylation is 2. The zero-order valence-corrected chi connectivity index (χ0v) is 16.8. The zero-order valence-electron chi connectivity index (χ0n) is 15.2. The first kappa shape index (κ1) is 19.5. The van der Waals surface area contributed by atoms with Gasteiger partial charge in [0.15, 0.2) is 0 Å². The van der Waals surface area contributed by atoms with Gasteiger partial charge in [0.05, 0.1) is 11.1 Å². The average molecular weight is 404 g/mol. The lowest BCUT2D eigenvalue weighted by Crippen LogP contribution is -2.12. The molecule has 0 saturated carbocycles. The van der Waals surface area contributed by atoms with Gasteiger partial charge in [-0.1, -0.05) is 32.3 Å². The summed E-state index contributed by atoms with van der Waals surface area (Å²) in [6, 6.07) is 11.4. The van der Waals surface area contributed by atoms with E-state index in [0.29, 0.717) is 12.2 Å². The van der Waals surface area contributed by atoms with Gasteiger partial charge in [0.1, 0.15) is 5.75 Å². The number of benzene rings is 2. The number of nitrogens with one attached hydrogen (secondary N) is 1. The van der Waals surface area contributed by atoms with Crippen molar-refractivity contribution in [1.29, 1.82) is 0 Å². The third-order valence-electron chi connectivity index (χ3n) is 4.21. The second-order valence-corrected chi connectivity index (χ2v) is 7.16. The first-order valence-electron chi connectivity index (χ1n) is 8.82. The maximum atomic E-state index is 12.4. The Hall–Kier alpha value is -1.81. The summed E-state index contributed by atoms with van der Waals surface area (Å²) < 4.78 is 6.59. The largest absolute Gasteiger partial charge is 0.492 e. The predicted molar refractivity (Wildman–Crippen MR) is 108 cm³/mol. The molecule has 0 unspecified atom stereocenters. The van der Waals surface area contributed by atoms with Gasteiger partial charge in [0.25, 0.3) is 5.91 Å². The Balaban J connectivity index is 1.96. The Morgan fingerprint density at radius 1 is 1.04 bits per heavy atom. The molecule has 4 heteroatoms. The van der Waals surface area contributed by atoms with Gasteiger partial charge in [0.2, 0.25) is 0 Å². The first-order chi connectivity index (χ1) is 12.0. The number of anilines is 1. The third-order valence-corrected chi connectivity index (χ3v) is 4.83. The van der Waals surface area contributed by atoms with Gasteiger partial charge >= 0.3 is 0 Å². The van der Waals surface area contributed by atoms with Crippen molar-refractivity contribution in [3.8, 4) is 5.75 Å². The van der Waals surface area contributed by atoms with Crippen LogP contribution in [0.2, 0.25) is 0 Å². The van der Waals surface area contributed by atoms with Gasteiger partial charge in [0, 0.05) is 11.3 Å². The summed E-state index contributed by atoms with van der Waals surface area (Å²) in [5.74, 6) is 0.651. The van der Waals surface area contributed by atoms with E-state index in [9.17, 15) is 4.79 Å². The number of unbranched alkanes of at least 4 members (excludes halogenated alkanes) is 3. The molecule has 2 aromatic carbocycles. The van der Waals surface area contributed by atoms with Crippen molar-refractivity contribution in [3.63, 3.8) is 0 Å². The summed E-state index contributed by atoms with van der Waals surface area (Å²) in [6.07, 6.45) is 4.69. The summed E-state index contributed by atoms with van der Waals surface area (Å²) in [5.41, 5.74) is 3.77. The van der Waals surface area contributed by atoms with Gasteiger partial charge in [-0.3, -0.25) is 4.79 Å². The highest BCUT2D eigenvalue weighted by atomic mass is 79.9.